The Morgan fingerprint density at radius 1 is 0.218 bits per heavy atom. The summed E-state index contributed by atoms with van der Waals surface area (Å²) in [6, 6.07) is 153. The van der Waals surface area contributed by atoms with Crippen LogP contribution >= 0.6 is 34.0 Å². The molecule has 147 heavy (non-hydrogen) atoms. The van der Waals surface area contributed by atoms with E-state index < -0.39 is 18.1 Å². The van der Waals surface area contributed by atoms with Crippen LogP contribution in [0, 0.1) is 0 Å². The Balaban J connectivity index is 0.000000105. The first-order valence-corrected chi connectivity index (χ1v) is 52.0. The monoisotopic (exact) mass is 1930 g/mol. The zero-order valence-corrected chi connectivity index (χ0v) is 81.8. The van der Waals surface area contributed by atoms with Crippen LogP contribution in [0.5, 0.6) is 0 Å². The van der Waals surface area contributed by atoms with E-state index in [-0.39, 0.29) is 23.1 Å². The molecule has 0 unspecified atom stereocenters. The third-order valence-corrected chi connectivity index (χ3v) is 33.6. The van der Waals surface area contributed by atoms with E-state index in [1.807, 2.05) is 82.5 Å². The van der Waals surface area contributed by atoms with E-state index in [9.17, 15) is 0 Å². The predicted octanol–water partition coefficient (Wildman–Crippen LogP) is 37.1. The van der Waals surface area contributed by atoms with Gasteiger partial charge in [-0.3, -0.25) is 0 Å². The van der Waals surface area contributed by atoms with Crippen LogP contribution in [0.2, 0.25) is 0 Å². The molecule has 0 saturated carbocycles. The minimum absolute atomic E-state index is 0.0536. The van der Waals surface area contributed by atoms with Crippen molar-refractivity contribution < 1.29 is 6.85 Å². The summed E-state index contributed by atoms with van der Waals surface area (Å²) < 4.78 is 57.4. The highest BCUT2D eigenvalue weighted by Crippen LogP contribution is 2.55. The molecule has 0 saturated heterocycles. The molecule has 0 atom stereocenters. The summed E-state index contributed by atoms with van der Waals surface area (Å²) in [5.74, 6) is 1.84. The summed E-state index contributed by atoms with van der Waals surface area (Å²) in [6.45, 7) is 4.66. The third kappa shape index (κ3) is 13.2. The summed E-state index contributed by atoms with van der Waals surface area (Å²) >= 11 is 5.63. The van der Waals surface area contributed by atoms with E-state index in [2.05, 4.69) is 416 Å². The number of benzene rings is 22. The minimum Gasteiger partial charge on any atom is -0.309 e. The number of hydrogen-bond acceptors (Lipinski definition) is 9. The van der Waals surface area contributed by atoms with E-state index in [0.29, 0.717) is 22.4 Å². The molecule has 32 rings (SSSR count). The Labute approximate surface area is 862 Å². The Morgan fingerprint density at radius 2 is 0.544 bits per heavy atom. The van der Waals surface area contributed by atoms with Gasteiger partial charge in [-0.2, -0.15) is 0 Å². The number of para-hydroxylation sites is 6. The van der Waals surface area contributed by atoms with Gasteiger partial charge in [0.1, 0.15) is 0 Å². The number of thiophene rings is 3. The lowest BCUT2D eigenvalue weighted by molar-refractivity contribution is 0.660. The van der Waals surface area contributed by atoms with Crippen molar-refractivity contribution >= 4 is 225 Å². The quantitative estimate of drug-likeness (QED) is 0.143. The first kappa shape index (κ1) is 79.3. The Hall–Kier alpha value is -18.3. The first-order valence-electron chi connectivity index (χ1n) is 52.0. The minimum atomic E-state index is -0.438. The van der Waals surface area contributed by atoms with Crippen molar-refractivity contribution in [1.82, 2.24) is 43.6 Å². The smallest absolute Gasteiger partial charge is 0.160 e. The number of rotatable bonds is 9. The van der Waals surface area contributed by atoms with E-state index in [4.69, 9.17) is 36.8 Å². The lowest BCUT2D eigenvalue weighted by atomic mass is 9.82. The molecule has 31 aromatic rings. The Kier molecular flexibility index (Phi) is 18.0. The molecule has 12 heteroatoms. The summed E-state index contributed by atoms with van der Waals surface area (Å²) in [7, 11) is 0. The van der Waals surface area contributed by atoms with Crippen LogP contribution in [0.3, 0.4) is 0 Å². The fourth-order valence-electron chi connectivity index (χ4n) is 23.6. The molecule has 0 aliphatic heterocycles. The molecule has 1 aliphatic carbocycles. The van der Waals surface area contributed by atoms with E-state index in [1.165, 1.54) is 169 Å². The van der Waals surface area contributed by atoms with Gasteiger partial charge in [-0.15, -0.1) is 34.0 Å². The molecule has 22 aromatic carbocycles. The van der Waals surface area contributed by atoms with Gasteiger partial charge in [-0.1, -0.05) is 372 Å². The average molecular weight is 1930 g/mol. The SMILES string of the molecule is CC1(C)c2ccccc2-c2ccc(-c3nc(-c4ccc(-n5c6ccccc6c6c7c8ccccc8sc7c7ccccc7c65)cc4)nc4ccccc34)cc21.[2H]c1c([2H])c([2H])c(-c2nc(-c3cccc(-n4c5ccccc5c5c6c7ccccc7sc6c6ccccc6c54)c3)nc3ccccc23)c([2H])c1[2H].c1ccc(-c2nc(-c3cccc(-n4c5ccccc5c5c6c7ccccc7sc6c6ccccc6c54)c3)nc3ccccc23)cc1. The number of fused-ring (bicyclic) bond motifs is 36. The van der Waals surface area contributed by atoms with Gasteiger partial charge >= 0.3 is 0 Å². The highest BCUT2D eigenvalue weighted by Gasteiger charge is 2.36. The van der Waals surface area contributed by atoms with Gasteiger partial charge in [-0.25, -0.2) is 29.9 Å². The van der Waals surface area contributed by atoms with Crippen LogP contribution in [-0.4, -0.2) is 43.6 Å². The molecule has 9 heterocycles. The van der Waals surface area contributed by atoms with Crippen LogP contribution in [0.25, 0.3) is 287 Å². The van der Waals surface area contributed by atoms with Gasteiger partial charge in [0.05, 0.1) is 73.6 Å². The topological polar surface area (TPSA) is 92.1 Å². The summed E-state index contributed by atoms with van der Waals surface area (Å²) in [5, 5.41) is 25.5. The van der Waals surface area contributed by atoms with E-state index in [0.717, 1.165) is 101 Å². The van der Waals surface area contributed by atoms with Crippen molar-refractivity contribution in [1.29, 1.82) is 0 Å². The highest BCUT2D eigenvalue weighted by atomic mass is 32.1. The molecule has 0 spiro atoms. The molecular weight excluding hydrogens is 1840 g/mol. The number of nitrogens with zero attached hydrogens (tertiary/aromatic N) is 9. The maximum atomic E-state index is 8.73. The van der Waals surface area contributed by atoms with Crippen LogP contribution in [0.4, 0.5) is 0 Å². The summed E-state index contributed by atoms with van der Waals surface area (Å²) in [5.41, 5.74) is 25.1. The first-order chi connectivity index (χ1) is 74.8. The van der Waals surface area contributed by atoms with Crippen LogP contribution in [0.15, 0.2) is 467 Å². The fraction of sp³-hybridized carbons (Fsp3) is 0.0222. The second-order valence-electron chi connectivity index (χ2n) is 38.5. The van der Waals surface area contributed by atoms with Gasteiger partial charge in [0.25, 0.3) is 0 Å². The van der Waals surface area contributed by atoms with Gasteiger partial charge in [0, 0.05) is 197 Å². The summed E-state index contributed by atoms with van der Waals surface area (Å²) in [6.07, 6.45) is 0. The van der Waals surface area contributed by atoms with E-state index >= 15 is 0 Å². The predicted molar refractivity (Wildman–Crippen MR) is 623 cm³/mol. The maximum Gasteiger partial charge on any atom is 0.160 e. The van der Waals surface area contributed by atoms with Crippen LogP contribution in [-0.2, 0) is 5.41 Å². The fourth-order valence-corrected chi connectivity index (χ4v) is 27.3. The van der Waals surface area contributed by atoms with Crippen LogP contribution in [0.1, 0.15) is 31.8 Å². The Bertz CT molecular complexity index is 11300. The van der Waals surface area contributed by atoms with Gasteiger partial charge in [0.15, 0.2) is 17.5 Å². The van der Waals surface area contributed by atoms with Crippen molar-refractivity contribution in [2.24, 2.45) is 0 Å². The second-order valence-corrected chi connectivity index (χ2v) is 41.6. The molecule has 9 nitrogen and oxygen atoms in total. The lowest BCUT2D eigenvalue weighted by Gasteiger charge is -2.22. The number of hydrogen-bond donors (Lipinski definition) is 0. The van der Waals surface area contributed by atoms with Gasteiger partial charge < -0.3 is 13.7 Å². The van der Waals surface area contributed by atoms with E-state index in [1.54, 1.807) is 0 Å². The third-order valence-electron chi connectivity index (χ3n) is 30.0. The van der Waals surface area contributed by atoms with Crippen molar-refractivity contribution in [3.8, 4) is 96.1 Å². The zero-order chi connectivity index (χ0) is 101. The molecule has 0 radical (unpaired) electrons. The van der Waals surface area contributed by atoms with Gasteiger partial charge in [-0.05, 0) is 131 Å². The molecule has 9 aromatic heterocycles. The number of aromatic nitrogens is 9. The lowest BCUT2D eigenvalue weighted by Crippen LogP contribution is -2.14. The molecule has 0 amide bonds. The zero-order valence-electron chi connectivity index (χ0n) is 84.3. The van der Waals surface area contributed by atoms with Crippen molar-refractivity contribution in [3.05, 3.63) is 478 Å². The molecule has 686 valence electrons. The van der Waals surface area contributed by atoms with Crippen molar-refractivity contribution in [2.75, 3.05) is 0 Å². The normalized spacial score (nSPS) is 13.0. The molecule has 1 aliphatic rings. The standard InChI is InChI=1S/C51H33N3S.2C42H25N3S/c1-51(2)40-19-9-5-13-33(40)34-28-25-31(29-41(34)51)47-37-16-6-10-20-42(37)52-50(53-47)30-23-26-32(27-24-30)54-43-21-11-7-17-38(43)45-46-39-18-8-12-22-44(39)55-49(46)36-15-4-3-14-35(36)48(45)54;2*1-2-13-26(14-3-1)39-31-19-6-9-22-34(31)43-42(44-39)27-15-12-16-28(25-27)45-35-23-10-7-20-32(35)37-38-33-21-8-11-24-36(33)46-41(38)30-18-5-4-17-29(30)40(37)45/h3-29H,1-2H3;2*1-25H/i;1D,2D,3D,13D,14D;. The van der Waals surface area contributed by atoms with Crippen molar-refractivity contribution in [2.45, 2.75) is 19.3 Å². The highest BCUT2D eigenvalue weighted by molar-refractivity contribution is 7.28. The van der Waals surface area contributed by atoms with Crippen molar-refractivity contribution in [3.63, 3.8) is 0 Å². The van der Waals surface area contributed by atoms with Gasteiger partial charge in [0.2, 0.25) is 0 Å². The summed E-state index contributed by atoms with van der Waals surface area (Å²) in [4.78, 5) is 30.6. The van der Waals surface area contributed by atoms with Crippen LogP contribution < -0.4 is 0 Å². The maximum absolute atomic E-state index is 8.73. The Morgan fingerprint density at radius 3 is 0.986 bits per heavy atom. The second kappa shape index (κ2) is 33.4. The molecule has 0 fully saturated rings. The molecule has 0 bridgehead atoms. The average Bonchev–Trinajstić information content (AvgIpc) is 1.54. The molecule has 0 N–H and O–H groups in total. The molecular formula is C135H83N9S3. The largest absolute Gasteiger partial charge is 0.309 e.